The Bertz CT molecular complexity index is 476. The van der Waals surface area contributed by atoms with Crippen LogP contribution in [0.3, 0.4) is 0 Å². The summed E-state index contributed by atoms with van der Waals surface area (Å²) < 4.78 is 0.978. The van der Waals surface area contributed by atoms with Crippen molar-refractivity contribution in [2.24, 2.45) is 5.41 Å². The molecule has 5 nitrogen and oxygen atoms in total. The Morgan fingerprint density at radius 1 is 1.25 bits per heavy atom. The summed E-state index contributed by atoms with van der Waals surface area (Å²) in [6.45, 7) is 3.90. The Hall–Kier alpha value is -1.56. The normalized spacial score (nSPS) is 13.3. The molecule has 0 bridgehead atoms. The second kappa shape index (κ2) is 7.28. The molecule has 1 aromatic rings. The SMILES string of the molecule is CCC(C)(CNC(=O)NCc1ccc(Br)cc1)C(=O)O. The van der Waals surface area contributed by atoms with Crippen LogP contribution in [0.1, 0.15) is 25.8 Å². The molecule has 0 fully saturated rings. The van der Waals surface area contributed by atoms with Crippen LogP contribution in [0.25, 0.3) is 0 Å². The van der Waals surface area contributed by atoms with E-state index in [-0.39, 0.29) is 12.6 Å². The van der Waals surface area contributed by atoms with E-state index in [4.69, 9.17) is 5.11 Å². The fraction of sp³-hybridized carbons (Fsp3) is 0.429. The smallest absolute Gasteiger partial charge is 0.315 e. The largest absolute Gasteiger partial charge is 0.481 e. The van der Waals surface area contributed by atoms with Crippen LogP contribution in [0.4, 0.5) is 4.79 Å². The molecule has 0 saturated carbocycles. The predicted molar refractivity (Wildman–Crippen MR) is 80.4 cm³/mol. The molecule has 0 spiro atoms. The van der Waals surface area contributed by atoms with Gasteiger partial charge in [-0.3, -0.25) is 4.79 Å². The highest BCUT2D eigenvalue weighted by Crippen LogP contribution is 2.19. The molecule has 0 aromatic heterocycles. The number of carboxylic acid groups (broad SMARTS) is 1. The van der Waals surface area contributed by atoms with Gasteiger partial charge in [0.15, 0.2) is 0 Å². The number of benzene rings is 1. The predicted octanol–water partition coefficient (Wildman–Crippen LogP) is 2.75. The summed E-state index contributed by atoms with van der Waals surface area (Å²) in [5.41, 5.74) is 0.0365. The molecule has 110 valence electrons. The van der Waals surface area contributed by atoms with E-state index in [9.17, 15) is 9.59 Å². The molecule has 1 unspecified atom stereocenters. The number of halogens is 1. The van der Waals surface area contributed by atoms with Gasteiger partial charge in [-0.25, -0.2) is 4.79 Å². The van der Waals surface area contributed by atoms with Gasteiger partial charge < -0.3 is 15.7 Å². The van der Waals surface area contributed by atoms with Crippen molar-refractivity contribution in [3.05, 3.63) is 34.3 Å². The van der Waals surface area contributed by atoms with Crippen LogP contribution >= 0.6 is 15.9 Å². The highest BCUT2D eigenvalue weighted by atomic mass is 79.9. The summed E-state index contributed by atoms with van der Waals surface area (Å²) >= 11 is 3.34. The molecular weight excluding hydrogens is 324 g/mol. The van der Waals surface area contributed by atoms with E-state index in [1.807, 2.05) is 24.3 Å². The number of carbonyl (C=O) groups is 2. The second-order valence-electron chi connectivity index (χ2n) is 4.88. The molecule has 0 aliphatic carbocycles. The fourth-order valence-corrected chi connectivity index (χ4v) is 1.74. The summed E-state index contributed by atoms with van der Waals surface area (Å²) in [4.78, 5) is 22.7. The minimum atomic E-state index is -0.936. The van der Waals surface area contributed by atoms with Crippen molar-refractivity contribution >= 4 is 27.9 Å². The van der Waals surface area contributed by atoms with Gasteiger partial charge in [-0.05, 0) is 31.0 Å². The maximum Gasteiger partial charge on any atom is 0.315 e. The highest BCUT2D eigenvalue weighted by Gasteiger charge is 2.31. The number of hydrogen-bond donors (Lipinski definition) is 3. The number of aliphatic carboxylic acids is 1. The lowest BCUT2D eigenvalue weighted by molar-refractivity contribution is -0.147. The van der Waals surface area contributed by atoms with Crippen molar-refractivity contribution in [2.75, 3.05) is 6.54 Å². The Kier molecular flexibility index (Phi) is 6.01. The summed E-state index contributed by atoms with van der Waals surface area (Å²) in [7, 11) is 0. The van der Waals surface area contributed by atoms with Gasteiger partial charge in [0.1, 0.15) is 0 Å². The van der Waals surface area contributed by atoms with Gasteiger partial charge in [0.2, 0.25) is 0 Å². The lowest BCUT2D eigenvalue weighted by atomic mass is 9.88. The van der Waals surface area contributed by atoms with Crippen LogP contribution in [-0.4, -0.2) is 23.7 Å². The minimum absolute atomic E-state index is 0.102. The Balaban J connectivity index is 2.41. The van der Waals surface area contributed by atoms with Gasteiger partial charge in [0.05, 0.1) is 5.41 Å². The number of nitrogens with one attached hydrogen (secondary N) is 2. The van der Waals surface area contributed by atoms with E-state index in [1.165, 1.54) is 0 Å². The van der Waals surface area contributed by atoms with E-state index in [2.05, 4.69) is 26.6 Å². The molecular formula is C14H19BrN2O3. The Morgan fingerprint density at radius 3 is 2.35 bits per heavy atom. The van der Waals surface area contributed by atoms with Crippen molar-refractivity contribution in [3.8, 4) is 0 Å². The number of hydrogen-bond acceptors (Lipinski definition) is 2. The summed E-state index contributed by atoms with van der Waals surface area (Å²) in [5, 5.41) is 14.4. The van der Waals surface area contributed by atoms with Crippen LogP contribution in [0.5, 0.6) is 0 Å². The maximum atomic E-state index is 11.6. The molecule has 0 aliphatic rings. The Labute approximate surface area is 126 Å². The van der Waals surface area contributed by atoms with Crippen LogP contribution < -0.4 is 10.6 Å². The molecule has 6 heteroatoms. The Morgan fingerprint density at radius 2 is 1.85 bits per heavy atom. The first kappa shape index (κ1) is 16.5. The highest BCUT2D eigenvalue weighted by molar-refractivity contribution is 9.10. The van der Waals surface area contributed by atoms with Crippen molar-refractivity contribution in [1.29, 1.82) is 0 Å². The molecule has 1 rings (SSSR count). The standard InChI is InChI=1S/C14H19BrN2O3/c1-3-14(2,12(18)19)9-17-13(20)16-8-10-4-6-11(15)7-5-10/h4-7H,3,8-9H2,1-2H3,(H,18,19)(H2,16,17,20). The number of amides is 2. The van der Waals surface area contributed by atoms with E-state index < -0.39 is 11.4 Å². The molecule has 3 N–H and O–H groups in total. The van der Waals surface area contributed by atoms with Gasteiger partial charge in [-0.1, -0.05) is 35.0 Å². The summed E-state index contributed by atoms with van der Waals surface area (Å²) in [5.74, 6) is -0.909. The molecule has 1 aromatic carbocycles. The fourth-order valence-electron chi connectivity index (χ4n) is 1.47. The topological polar surface area (TPSA) is 78.4 Å². The molecule has 0 radical (unpaired) electrons. The second-order valence-corrected chi connectivity index (χ2v) is 5.80. The third-order valence-corrected chi connectivity index (χ3v) is 3.83. The zero-order valence-electron chi connectivity index (χ0n) is 11.6. The van der Waals surface area contributed by atoms with Crippen molar-refractivity contribution in [1.82, 2.24) is 10.6 Å². The lowest BCUT2D eigenvalue weighted by Gasteiger charge is -2.23. The molecule has 2 amide bonds. The molecule has 0 aliphatic heterocycles. The maximum absolute atomic E-state index is 11.6. The number of carboxylic acids is 1. The van der Waals surface area contributed by atoms with Crippen molar-refractivity contribution in [2.45, 2.75) is 26.8 Å². The van der Waals surface area contributed by atoms with E-state index in [0.29, 0.717) is 13.0 Å². The van der Waals surface area contributed by atoms with Crippen molar-refractivity contribution < 1.29 is 14.7 Å². The molecule has 20 heavy (non-hydrogen) atoms. The minimum Gasteiger partial charge on any atom is -0.481 e. The van der Waals surface area contributed by atoms with Gasteiger partial charge >= 0.3 is 12.0 Å². The number of carbonyl (C=O) groups excluding carboxylic acids is 1. The van der Waals surface area contributed by atoms with Crippen LogP contribution in [0.2, 0.25) is 0 Å². The van der Waals surface area contributed by atoms with Crippen LogP contribution in [-0.2, 0) is 11.3 Å². The van der Waals surface area contributed by atoms with Gasteiger partial charge in [0.25, 0.3) is 0 Å². The van der Waals surface area contributed by atoms with Crippen molar-refractivity contribution in [3.63, 3.8) is 0 Å². The average molecular weight is 343 g/mol. The van der Waals surface area contributed by atoms with E-state index in [0.717, 1.165) is 10.0 Å². The van der Waals surface area contributed by atoms with Crippen LogP contribution in [0, 0.1) is 5.41 Å². The number of urea groups is 1. The zero-order chi connectivity index (χ0) is 15.2. The molecule has 0 heterocycles. The molecule has 1 atom stereocenters. The van der Waals surface area contributed by atoms with Gasteiger partial charge in [0, 0.05) is 17.6 Å². The first-order valence-corrected chi connectivity index (χ1v) is 7.16. The number of rotatable bonds is 6. The van der Waals surface area contributed by atoms with Gasteiger partial charge in [-0.2, -0.15) is 0 Å². The third-order valence-electron chi connectivity index (χ3n) is 3.30. The summed E-state index contributed by atoms with van der Waals surface area (Å²) in [6, 6.07) is 7.23. The van der Waals surface area contributed by atoms with Crippen LogP contribution in [0.15, 0.2) is 28.7 Å². The van der Waals surface area contributed by atoms with E-state index >= 15 is 0 Å². The van der Waals surface area contributed by atoms with E-state index in [1.54, 1.807) is 13.8 Å². The average Bonchev–Trinajstić information content (AvgIpc) is 2.43. The quantitative estimate of drug-likeness (QED) is 0.743. The zero-order valence-corrected chi connectivity index (χ0v) is 13.2. The monoisotopic (exact) mass is 342 g/mol. The first-order valence-electron chi connectivity index (χ1n) is 6.37. The first-order chi connectivity index (χ1) is 9.37. The van der Waals surface area contributed by atoms with Gasteiger partial charge in [-0.15, -0.1) is 0 Å². The summed E-state index contributed by atoms with van der Waals surface area (Å²) in [6.07, 6.45) is 0.454. The lowest BCUT2D eigenvalue weighted by Crippen LogP contribution is -2.44. The molecule has 0 saturated heterocycles. The third kappa shape index (κ3) is 4.85.